The van der Waals surface area contributed by atoms with Crippen LogP contribution in [-0.4, -0.2) is 18.3 Å². The fourth-order valence-corrected chi connectivity index (χ4v) is 9.28. The number of halogens is 3. The minimum atomic E-state index is -4.56. The van der Waals surface area contributed by atoms with E-state index in [9.17, 15) is 18.3 Å². The second-order valence-electron chi connectivity index (χ2n) is 16.5. The zero-order valence-electron chi connectivity index (χ0n) is 33.0. The summed E-state index contributed by atoms with van der Waals surface area (Å²) in [4.78, 5) is 0. The number of aliphatic hydroxyl groups excluding tert-OH is 1. The number of hydrogen-bond donors (Lipinski definition) is 1. The maximum atomic E-state index is 14.3. The SMILES string of the molecule is C=C(CC)C1(CCCCCO)c2cc(-c3ccc(OCC)c(C(F)(F)F)c3)ccc2-c2ccc(-c3ccc4ccc5cc(C(C)(C)C)cc6ccc3c4c56)cc21. The molecule has 0 aromatic heterocycles. The Bertz CT molecular complexity index is 2610. The number of ether oxygens (including phenoxy) is 1. The molecule has 8 rings (SSSR count). The third kappa shape index (κ3) is 6.16. The van der Waals surface area contributed by atoms with Gasteiger partial charge in [-0.3, -0.25) is 0 Å². The molecule has 0 saturated carbocycles. The first-order valence-electron chi connectivity index (χ1n) is 20.0. The van der Waals surface area contributed by atoms with Crippen LogP contribution in [0, 0.1) is 0 Å². The maximum Gasteiger partial charge on any atom is 0.419 e. The summed E-state index contributed by atoms with van der Waals surface area (Å²) >= 11 is 0. The number of hydrogen-bond acceptors (Lipinski definition) is 2. The summed E-state index contributed by atoms with van der Waals surface area (Å²) in [5.41, 5.74) is 9.04. The highest BCUT2D eigenvalue weighted by atomic mass is 19.4. The van der Waals surface area contributed by atoms with Gasteiger partial charge in [0.1, 0.15) is 5.75 Å². The van der Waals surface area contributed by atoms with Gasteiger partial charge in [-0.25, -0.2) is 0 Å². The van der Waals surface area contributed by atoms with Crippen LogP contribution < -0.4 is 4.74 Å². The molecule has 0 spiro atoms. The van der Waals surface area contributed by atoms with E-state index in [1.807, 2.05) is 6.07 Å². The highest BCUT2D eigenvalue weighted by Gasteiger charge is 2.45. The summed E-state index contributed by atoms with van der Waals surface area (Å²) in [6.07, 6.45) is -0.608. The number of aliphatic hydroxyl groups is 1. The van der Waals surface area contributed by atoms with Gasteiger partial charge in [0.25, 0.3) is 0 Å². The molecule has 1 aliphatic rings. The van der Waals surface area contributed by atoms with Crippen molar-refractivity contribution in [3.05, 3.63) is 138 Å². The fourth-order valence-electron chi connectivity index (χ4n) is 9.28. The van der Waals surface area contributed by atoms with E-state index in [2.05, 4.69) is 107 Å². The lowest BCUT2D eigenvalue weighted by molar-refractivity contribution is -0.138. The van der Waals surface area contributed by atoms with Gasteiger partial charge in [-0.05, 0) is 138 Å². The molecule has 7 aromatic carbocycles. The molecule has 56 heavy (non-hydrogen) atoms. The number of fused-ring (bicyclic) bond motifs is 3. The van der Waals surface area contributed by atoms with Gasteiger partial charge in [0.05, 0.1) is 12.2 Å². The number of unbranched alkanes of at least 4 members (excludes halogenated alkanes) is 2. The highest BCUT2D eigenvalue weighted by Crippen LogP contribution is 2.57. The molecule has 0 bridgehead atoms. The fraction of sp³-hybridized carbons (Fsp3) is 0.294. The molecule has 0 heterocycles. The van der Waals surface area contributed by atoms with Crippen molar-refractivity contribution in [3.8, 4) is 39.1 Å². The minimum Gasteiger partial charge on any atom is -0.493 e. The summed E-state index contributed by atoms with van der Waals surface area (Å²) in [6, 6.07) is 35.5. The van der Waals surface area contributed by atoms with Crippen LogP contribution in [0.25, 0.3) is 65.7 Å². The number of alkyl halides is 3. The Labute approximate surface area is 328 Å². The van der Waals surface area contributed by atoms with Crippen LogP contribution in [0.3, 0.4) is 0 Å². The second kappa shape index (κ2) is 14.1. The molecule has 0 saturated heterocycles. The third-order valence-corrected chi connectivity index (χ3v) is 12.2. The third-order valence-electron chi connectivity index (χ3n) is 12.2. The van der Waals surface area contributed by atoms with Crippen molar-refractivity contribution < 1.29 is 23.0 Å². The summed E-state index contributed by atoms with van der Waals surface area (Å²) in [5.74, 6) is -0.163. The molecule has 7 aromatic rings. The maximum absolute atomic E-state index is 14.3. The molecule has 2 nitrogen and oxygen atoms in total. The molecule has 1 aliphatic carbocycles. The first kappa shape index (κ1) is 37.8. The first-order chi connectivity index (χ1) is 26.8. The van der Waals surface area contributed by atoms with Crippen LogP contribution >= 0.6 is 0 Å². The van der Waals surface area contributed by atoms with Crippen molar-refractivity contribution in [2.24, 2.45) is 0 Å². The van der Waals surface area contributed by atoms with Crippen LogP contribution in [0.4, 0.5) is 13.2 Å². The monoisotopic (exact) mass is 750 g/mol. The van der Waals surface area contributed by atoms with Gasteiger partial charge in [0.15, 0.2) is 0 Å². The van der Waals surface area contributed by atoms with E-state index < -0.39 is 17.2 Å². The molecule has 1 N–H and O–H groups in total. The molecule has 5 heteroatoms. The van der Waals surface area contributed by atoms with Crippen LogP contribution in [0.2, 0.25) is 0 Å². The average Bonchev–Trinajstić information content (AvgIpc) is 3.46. The molecule has 0 amide bonds. The Kier molecular flexibility index (Phi) is 9.52. The van der Waals surface area contributed by atoms with Gasteiger partial charge in [-0.1, -0.05) is 132 Å². The number of allylic oxidation sites excluding steroid dienone is 1. The van der Waals surface area contributed by atoms with E-state index in [0.717, 1.165) is 64.6 Å². The smallest absolute Gasteiger partial charge is 0.419 e. The van der Waals surface area contributed by atoms with Gasteiger partial charge in [-0.2, -0.15) is 13.2 Å². The predicted molar refractivity (Wildman–Crippen MR) is 227 cm³/mol. The van der Waals surface area contributed by atoms with Gasteiger partial charge in [-0.15, -0.1) is 0 Å². The van der Waals surface area contributed by atoms with Crippen molar-refractivity contribution in [1.82, 2.24) is 0 Å². The number of benzene rings is 7. The van der Waals surface area contributed by atoms with Crippen molar-refractivity contribution in [2.45, 2.75) is 83.7 Å². The normalized spacial score (nSPS) is 15.5. The Morgan fingerprint density at radius 1 is 0.661 bits per heavy atom. The lowest BCUT2D eigenvalue weighted by Crippen LogP contribution is -2.27. The van der Waals surface area contributed by atoms with Crippen molar-refractivity contribution in [2.75, 3.05) is 13.2 Å². The van der Waals surface area contributed by atoms with E-state index in [1.165, 1.54) is 55.6 Å². The van der Waals surface area contributed by atoms with Gasteiger partial charge in [0.2, 0.25) is 0 Å². The molecule has 1 atom stereocenters. The van der Waals surface area contributed by atoms with Crippen molar-refractivity contribution in [3.63, 3.8) is 0 Å². The van der Waals surface area contributed by atoms with Crippen molar-refractivity contribution in [1.29, 1.82) is 0 Å². The van der Waals surface area contributed by atoms with Gasteiger partial charge < -0.3 is 9.84 Å². The zero-order valence-corrected chi connectivity index (χ0v) is 33.0. The van der Waals surface area contributed by atoms with E-state index >= 15 is 0 Å². The quantitative estimate of drug-likeness (QED) is 0.0810. The second-order valence-corrected chi connectivity index (χ2v) is 16.5. The van der Waals surface area contributed by atoms with Gasteiger partial charge in [0, 0.05) is 12.0 Å². The Hall–Kier alpha value is -5.13. The van der Waals surface area contributed by atoms with Crippen LogP contribution in [0.1, 0.15) is 89.0 Å². The lowest BCUT2D eigenvalue weighted by atomic mass is 9.67. The predicted octanol–water partition coefficient (Wildman–Crippen LogP) is 14.4. The van der Waals surface area contributed by atoms with Crippen LogP contribution in [-0.2, 0) is 17.0 Å². The van der Waals surface area contributed by atoms with E-state index in [-0.39, 0.29) is 24.4 Å². The summed E-state index contributed by atoms with van der Waals surface area (Å²) in [7, 11) is 0. The Morgan fingerprint density at radius 3 is 1.89 bits per heavy atom. The molecule has 0 radical (unpaired) electrons. The largest absolute Gasteiger partial charge is 0.493 e. The molecular weight excluding hydrogens is 702 g/mol. The molecule has 1 unspecified atom stereocenters. The standard InChI is InChI=1S/C51H49F3O2/c1-7-31(3)50(24-10-9-11-25-55)43-28-33(34-18-23-46(56-8-2)45(29-34)51(52,53)54)15-20-40(43)41-21-16-35(30-44(41)50)39-19-14-32-12-13-36-26-38(49(4,5)6)27-37-17-22-42(39)48(32)47(36)37/h12-23,26-30,55H,3,7-11,24-25H2,1-2,4-6H3. The first-order valence-corrected chi connectivity index (χ1v) is 20.0. The Balaban J connectivity index is 1.32. The molecular formula is C51H49F3O2. The van der Waals surface area contributed by atoms with E-state index in [0.29, 0.717) is 12.0 Å². The van der Waals surface area contributed by atoms with Crippen LogP contribution in [0.15, 0.2) is 115 Å². The average molecular weight is 751 g/mol. The lowest BCUT2D eigenvalue weighted by Gasteiger charge is -2.35. The van der Waals surface area contributed by atoms with Crippen molar-refractivity contribution >= 4 is 32.3 Å². The minimum absolute atomic E-state index is 0.0334. The molecule has 286 valence electrons. The Morgan fingerprint density at radius 2 is 1.25 bits per heavy atom. The summed E-state index contributed by atoms with van der Waals surface area (Å²) in [5, 5.41) is 17.2. The van der Waals surface area contributed by atoms with Crippen LogP contribution in [0.5, 0.6) is 5.75 Å². The molecule has 0 aliphatic heterocycles. The van der Waals surface area contributed by atoms with E-state index in [1.54, 1.807) is 13.0 Å². The topological polar surface area (TPSA) is 29.5 Å². The summed E-state index contributed by atoms with van der Waals surface area (Å²) in [6.45, 7) is 15.6. The van der Waals surface area contributed by atoms with Gasteiger partial charge >= 0.3 is 6.18 Å². The highest BCUT2D eigenvalue weighted by molar-refractivity contribution is 6.25. The summed E-state index contributed by atoms with van der Waals surface area (Å²) < 4.78 is 48.2. The molecule has 0 fully saturated rings. The zero-order chi connectivity index (χ0) is 39.6. The number of rotatable bonds is 11. The van der Waals surface area contributed by atoms with E-state index in [4.69, 9.17) is 11.3 Å².